The predicted molar refractivity (Wildman–Crippen MR) is 106 cm³/mol. The van der Waals surface area contributed by atoms with Crippen LogP contribution in [0.15, 0.2) is 47.4 Å². The molecule has 2 amide bonds. The molecule has 0 saturated heterocycles. The van der Waals surface area contributed by atoms with Crippen LogP contribution in [0.3, 0.4) is 0 Å². The molecule has 2 aromatic rings. The number of carbonyl (C=O) groups is 2. The van der Waals surface area contributed by atoms with E-state index in [2.05, 4.69) is 10.0 Å². The van der Waals surface area contributed by atoms with Crippen molar-refractivity contribution in [2.45, 2.75) is 51.2 Å². The van der Waals surface area contributed by atoms with Crippen LogP contribution in [0.4, 0.5) is 4.79 Å². The van der Waals surface area contributed by atoms with Gasteiger partial charge in [-0.15, -0.1) is 0 Å². The lowest BCUT2D eigenvalue weighted by atomic mass is 10.0. The molecule has 0 spiro atoms. The number of hydrogen-bond donors (Lipinski definition) is 2. The van der Waals surface area contributed by atoms with Gasteiger partial charge in [0.25, 0.3) is 5.91 Å². The average molecular weight is 391 g/mol. The topological polar surface area (TPSA) is 84.5 Å². The van der Waals surface area contributed by atoms with Crippen molar-refractivity contribution in [3.8, 4) is 0 Å². The number of amides is 2. The van der Waals surface area contributed by atoms with Crippen LogP contribution in [0.1, 0.15) is 34.6 Å². The molecule has 0 aliphatic heterocycles. The third-order valence-electron chi connectivity index (χ3n) is 3.76. The first-order valence-electron chi connectivity index (χ1n) is 8.78. The molecule has 2 atom stereocenters. The van der Waals surface area contributed by atoms with Gasteiger partial charge in [0.15, 0.2) is 11.0 Å². The molecule has 2 aromatic carbocycles. The zero-order valence-corrected chi connectivity index (χ0v) is 17.1. The summed E-state index contributed by atoms with van der Waals surface area (Å²) in [6.07, 6.45) is -0.688. The number of alkyl carbamates (subject to hydrolysis) is 1. The quantitative estimate of drug-likeness (QED) is 0.818. The largest absolute Gasteiger partial charge is 0.444 e. The number of ether oxygens (including phenoxy) is 1. The van der Waals surface area contributed by atoms with Crippen molar-refractivity contribution in [2.75, 3.05) is 0 Å². The van der Waals surface area contributed by atoms with Crippen LogP contribution in [0.25, 0.3) is 10.8 Å². The van der Waals surface area contributed by atoms with Crippen molar-refractivity contribution in [3.63, 3.8) is 0 Å². The molecule has 146 valence electrons. The summed E-state index contributed by atoms with van der Waals surface area (Å²) in [5.41, 5.74) is -0.673. The molecule has 0 bridgehead atoms. The Morgan fingerprint density at radius 1 is 1.04 bits per heavy atom. The highest BCUT2D eigenvalue weighted by Gasteiger charge is 2.28. The molecule has 7 heteroatoms. The summed E-state index contributed by atoms with van der Waals surface area (Å²) < 4.78 is 20.5. The van der Waals surface area contributed by atoms with E-state index >= 15 is 0 Å². The average Bonchev–Trinajstić information content (AvgIpc) is 2.57. The number of rotatable bonds is 5. The molecule has 6 nitrogen and oxygen atoms in total. The second kappa shape index (κ2) is 8.52. The van der Waals surface area contributed by atoms with Crippen LogP contribution < -0.4 is 10.0 Å². The molecule has 0 saturated carbocycles. The second-order valence-corrected chi connectivity index (χ2v) is 8.76. The summed E-state index contributed by atoms with van der Waals surface area (Å²) in [4.78, 5) is 25.2. The van der Waals surface area contributed by atoms with Gasteiger partial charge in [0.1, 0.15) is 11.6 Å². The Morgan fingerprint density at radius 3 is 2.30 bits per heavy atom. The molecule has 0 fully saturated rings. The molecule has 2 rings (SSSR count). The summed E-state index contributed by atoms with van der Waals surface area (Å²) in [6, 6.07) is 12.1. The lowest BCUT2D eigenvalue weighted by Gasteiger charge is -2.25. The Kier molecular flexibility index (Phi) is 6.59. The lowest BCUT2D eigenvalue weighted by molar-refractivity contribution is -0.122. The van der Waals surface area contributed by atoms with Gasteiger partial charge in [0, 0.05) is 0 Å². The lowest BCUT2D eigenvalue weighted by Crippen LogP contribution is -2.51. The predicted octanol–water partition coefficient (Wildman–Crippen LogP) is 3.53. The number of benzene rings is 2. The molecule has 0 heterocycles. The van der Waals surface area contributed by atoms with E-state index in [1.54, 1.807) is 46.8 Å². The smallest absolute Gasteiger partial charge is 0.408 e. The van der Waals surface area contributed by atoms with Gasteiger partial charge in [-0.3, -0.25) is 9.52 Å². The van der Waals surface area contributed by atoms with E-state index in [1.807, 2.05) is 30.3 Å². The van der Waals surface area contributed by atoms with E-state index in [0.29, 0.717) is 4.90 Å². The fourth-order valence-corrected chi connectivity index (χ4v) is 3.54. The van der Waals surface area contributed by atoms with Crippen molar-refractivity contribution >= 4 is 33.8 Å². The van der Waals surface area contributed by atoms with Crippen molar-refractivity contribution in [2.24, 2.45) is 5.92 Å². The van der Waals surface area contributed by atoms with Gasteiger partial charge in [-0.25, -0.2) is 9.00 Å². The standard InChI is InChI=1S/C20H26N2O4S/c1-13(2)17(21-19(24)26-20(3,4)5)18(23)22-27(25)16-12-8-10-14-9-6-7-11-15(14)16/h6-13,17H,1-5H3,(H,21,24)(H,22,23)/t17-,27?/m0/s1. The van der Waals surface area contributed by atoms with Gasteiger partial charge >= 0.3 is 6.09 Å². The number of fused-ring (bicyclic) bond motifs is 1. The van der Waals surface area contributed by atoms with Gasteiger partial charge in [-0.2, -0.15) is 0 Å². The zero-order chi connectivity index (χ0) is 20.2. The minimum Gasteiger partial charge on any atom is -0.444 e. The molecule has 1 unspecified atom stereocenters. The van der Waals surface area contributed by atoms with Crippen LogP contribution in [0.5, 0.6) is 0 Å². The van der Waals surface area contributed by atoms with E-state index in [0.717, 1.165) is 10.8 Å². The van der Waals surface area contributed by atoms with Gasteiger partial charge in [0.05, 0.1) is 4.90 Å². The van der Waals surface area contributed by atoms with Gasteiger partial charge < -0.3 is 10.1 Å². The molecule has 0 radical (unpaired) electrons. The van der Waals surface area contributed by atoms with E-state index < -0.39 is 34.6 Å². The summed E-state index contributed by atoms with van der Waals surface area (Å²) >= 11 is 0. The summed E-state index contributed by atoms with van der Waals surface area (Å²) in [5, 5.41) is 4.30. The first kappa shape index (κ1) is 20.9. The minimum atomic E-state index is -1.75. The number of nitrogens with one attached hydrogen (secondary N) is 2. The third-order valence-corrected chi connectivity index (χ3v) is 4.91. The molecule has 0 aromatic heterocycles. The number of carbonyl (C=O) groups excluding carboxylic acids is 2. The van der Waals surface area contributed by atoms with Crippen molar-refractivity contribution in [1.82, 2.24) is 10.0 Å². The van der Waals surface area contributed by atoms with Crippen molar-refractivity contribution in [1.29, 1.82) is 0 Å². The first-order chi connectivity index (χ1) is 12.6. The highest BCUT2D eigenvalue weighted by Crippen LogP contribution is 2.21. The minimum absolute atomic E-state index is 0.206. The van der Waals surface area contributed by atoms with Crippen LogP contribution in [-0.4, -0.2) is 27.9 Å². The van der Waals surface area contributed by atoms with E-state index in [9.17, 15) is 13.8 Å². The second-order valence-electron chi connectivity index (χ2n) is 7.58. The van der Waals surface area contributed by atoms with Crippen molar-refractivity contribution in [3.05, 3.63) is 42.5 Å². The van der Waals surface area contributed by atoms with Gasteiger partial charge in [-0.05, 0) is 43.5 Å². The van der Waals surface area contributed by atoms with E-state index in [-0.39, 0.29) is 5.92 Å². The third kappa shape index (κ3) is 5.79. The number of hydrogen-bond acceptors (Lipinski definition) is 4. The summed E-state index contributed by atoms with van der Waals surface area (Å²) in [7, 11) is -1.75. The van der Waals surface area contributed by atoms with E-state index in [4.69, 9.17) is 4.74 Å². The Hall–Kier alpha value is -2.41. The van der Waals surface area contributed by atoms with Gasteiger partial charge in [-0.1, -0.05) is 50.2 Å². The summed E-state index contributed by atoms with van der Waals surface area (Å²) in [6.45, 7) is 8.82. The monoisotopic (exact) mass is 390 g/mol. The maximum atomic E-state index is 12.7. The van der Waals surface area contributed by atoms with Crippen LogP contribution in [0, 0.1) is 5.92 Å². The highest BCUT2D eigenvalue weighted by molar-refractivity contribution is 7.84. The van der Waals surface area contributed by atoms with Crippen molar-refractivity contribution < 1.29 is 18.5 Å². The fraction of sp³-hybridized carbons (Fsp3) is 0.400. The Balaban J connectivity index is 2.15. The Bertz CT molecular complexity index is 853. The molecule has 0 aliphatic carbocycles. The first-order valence-corrected chi connectivity index (χ1v) is 9.93. The van der Waals surface area contributed by atoms with Crippen LogP contribution >= 0.6 is 0 Å². The molecule has 2 N–H and O–H groups in total. The maximum absolute atomic E-state index is 12.7. The van der Waals surface area contributed by atoms with Gasteiger partial charge in [0.2, 0.25) is 0 Å². The SMILES string of the molecule is CC(C)[C@H](NC(=O)OC(C)(C)C)C(=O)NS(=O)c1cccc2ccccc12. The van der Waals surface area contributed by atoms with Crippen LogP contribution in [-0.2, 0) is 20.5 Å². The molecular weight excluding hydrogens is 364 g/mol. The highest BCUT2D eigenvalue weighted by atomic mass is 32.2. The maximum Gasteiger partial charge on any atom is 0.408 e. The zero-order valence-electron chi connectivity index (χ0n) is 16.2. The Morgan fingerprint density at radius 2 is 1.67 bits per heavy atom. The molecule has 27 heavy (non-hydrogen) atoms. The van der Waals surface area contributed by atoms with E-state index in [1.165, 1.54) is 0 Å². The fourth-order valence-electron chi connectivity index (χ4n) is 2.54. The molecule has 0 aliphatic rings. The molecular formula is C20H26N2O4S. The Labute approximate surface area is 162 Å². The normalized spacial score (nSPS) is 13.9. The summed E-state index contributed by atoms with van der Waals surface area (Å²) in [5.74, 6) is -0.732. The van der Waals surface area contributed by atoms with Crippen LogP contribution in [0.2, 0.25) is 0 Å².